The summed E-state index contributed by atoms with van der Waals surface area (Å²) in [5, 5.41) is 3.48. The van der Waals surface area contributed by atoms with Crippen molar-refractivity contribution in [2.75, 3.05) is 0 Å². The monoisotopic (exact) mass is 275 g/mol. The SMILES string of the molecule is CCC1CCCC2C1CC1C3CCCCC3C(=O)NC21. The second kappa shape index (κ2) is 5.03. The zero-order chi connectivity index (χ0) is 13.7. The lowest BCUT2D eigenvalue weighted by Gasteiger charge is -2.44. The van der Waals surface area contributed by atoms with Gasteiger partial charge in [-0.1, -0.05) is 39.0 Å². The van der Waals surface area contributed by atoms with E-state index >= 15 is 0 Å². The van der Waals surface area contributed by atoms with E-state index in [1.807, 2.05) is 0 Å². The highest BCUT2D eigenvalue weighted by molar-refractivity contribution is 5.80. The Morgan fingerprint density at radius 3 is 2.60 bits per heavy atom. The molecule has 1 saturated heterocycles. The summed E-state index contributed by atoms with van der Waals surface area (Å²) in [5.41, 5.74) is 0. The third kappa shape index (κ3) is 1.86. The Bertz CT molecular complexity index is 393. The van der Waals surface area contributed by atoms with Gasteiger partial charge in [0.1, 0.15) is 0 Å². The third-order valence-corrected chi connectivity index (χ3v) is 7.27. The van der Waals surface area contributed by atoms with Crippen molar-refractivity contribution in [1.82, 2.24) is 5.32 Å². The van der Waals surface area contributed by atoms with Crippen LogP contribution in [0.4, 0.5) is 0 Å². The van der Waals surface area contributed by atoms with E-state index in [2.05, 4.69) is 12.2 Å². The van der Waals surface area contributed by atoms with Crippen LogP contribution in [-0.4, -0.2) is 11.9 Å². The first kappa shape index (κ1) is 13.2. The molecule has 1 N–H and O–H groups in total. The second-order valence-corrected chi connectivity index (χ2v) is 7.92. The van der Waals surface area contributed by atoms with Crippen LogP contribution in [0.25, 0.3) is 0 Å². The van der Waals surface area contributed by atoms with Crippen LogP contribution < -0.4 is 5.32 Å². The topological polar surface area (TPSA) is 29.1 Å². The molecule has 0 spiro atoms. The molecule has 0 aromatic carbocycles. The van der Waals surface area contributed by atoms with Crippen LogP contribution in [-0.2, 0) is 4.79 Å². The highest BCUT2D eigenvalue weighted by atomic mass is 16.2. The molecule has 20 heavy (non-hydrogen) atoms. The minimum Gasteiger partial charge on any atom is -0.353 e. The summed E-state index contributed by atoms with van der Waals surface area (Å²) in [6, 6.07) is 0.543. The van der Waals surface area contributed by atoms with E-state index in [1.165, 1.54) is 51.4 Å². The van der Waals surface area contributed by atoms with Crippen molar-refractivity contribution >= 4 is 5.91 Å². The van der Waals surface area contributed by atoms with Crippen molar-refractivity contribution in [2.24, 2.45) is 35.5 Å². The minimum absolute atomic E-state index is 0.366. The zero-order valence-electron chi connectivity index (χ0n) is 12.8. The normalized spacial score (nSPS) is 50.9. The van der Waals surface area contributed by atoms with Gasteiger partial charge in [-0.3, -0.25) is 4.79 Å². The molecule has 112 valence electrons. The van der Waals surface area contributed by atoms with Gasteiger partial charge in [-0.05, 0) is 55.3 Å². The summed E-state index contributed by atoms with van der Waals surface area (Å²) in [7, 11) is 0. The van der Waals surface area contributed by atoms with Crippen LogP contribution in [0.15, 0.2) is 0 Å². The summed E-state index contributed by atoms with van der Waals surface area (Å²) >= 11 is 0. The quantitative estimate of drug-likeness (QED) is 0.776. The Balaban J connectivity index is 1.61. The fourth-order valence-corrected chi connectivity index (χ4v) is 6.42. The van der Waals surface area contributed by atoms with Gasteiger partial charge in [-0.25, -0.2) is 0 Å². The predicted molar refractivity (Wildman–Crippen MR) is 80.1 cm³/mol. The van der Waals surface area contributed by atoms with Crippen molar-refractivity contribution in [1.29, 1.82) is 0 Å². The average molecular weight is 275 g/mol. The lowest BCUT2D eigenvalue weighted by molar-refractivity contribution is -0.134. The zero-order valence-corrected chi connectivity index (χ0v) is 12.8. The maximum absolute atomic E-state index is 12.5. The van der Waals surface area contributed by atoms with Crippen LogP contribution in [0.1, 0.15) is 64.7 Å². The van der Waals surface area contributed by atoms with Gasteiger partial charge in [0.05, 0.1) is 0 Å². The van der Waals surface area contributed by atoms with E-state index in [9.17, 15) is 4.79 Å². The van der Waals surface area contributed by atoms with Crippen molar-refractivity contribution in [3.05, 3.63) is 0 Å². The predicted octanol–water partition coefficient (Wildman–Crippen LogP) is 3.75. The Morgan fingerprint density at radius 1 is 0.950 bits per heavy atom. The highest BCUT2D eigenvalue weighted by Gasteiger charge is 2.54. The Kier molecular flexibility index (Phi) is 3.31. The van der Waals surface area contributed by atoms with E-state index in [0.29, 0.717) is 17.9 Å². The van der Waals surface area contributed by atoms with Gasteiger partial charge in [0.2, 0.25) is 5.91 Å². The molecule has 1 heterocycles. The van der Waals surface area contributed by atoms with Crippen molar-refractivity contribution in [3.63, 3.8) is 0 Å². The molecule has 1 aliphatic heterocycles. The number of carbonyl (C=O) groups is 1. The summed E-state index contributed by atoms with van der Waals surface area (Å²) in [6.07, 6.45) is 12.1. The van der Waals surface area contributed by atoms with E-state index in [4.69, 9.17) is 0 Å². The van der Waals surface area contributed by atoms with Crippen molar-refractivity contribution in [2.45, 2.75) is 70.8 Å². The first-order valence-corrected chi connectivity index (χ1v) is 9.10. The molecule has 2 heteroatoms. The molecule has 2 nitrogen and oxygen atoms in total. The number of carbonyl (C=O) groups excluding carboxylic acids is 1. The van der Waals surface area contributed by atoms with Crippen molar-refractivity contribution < 1.29 is 4.79 Å². The maximum atomic E-state index is 12.5. The standard InChI is InChI=1S/C18H29NO/c1-2-11-6-5-9-13-15(11)10-16-12-7-3-4-8-14(12)18(20)19-17(13)16/h11-17H,2-10H2,1H3,(H,19,20). The molecule has 0 radical (unpaired) electrons. The molecular weight excluding hydrogens is 246 g/mol. The van der Waals surface area contributed by atoms with Gasteiger partial charge in [0.25, 0.3) is 0 Å². The van der Waals surface area contributed by atoms with Gasteiger partial charge in [-0.2, -0.15) is 0 Å². The molecule has 7 unspecified atom stereocenters. The molecule has 1 amide bonds. The Morgan fingerprint density at radius 2 is 1.75 bits per heavy atom. The largest absolute Gasteiger partial charge is 0.353 e. The summed E-state index contributed by atoms with van der Waals surface area (Å²) in [5.74, 6) is 5.00. The van der Waals surface area contributed by atoms with Crippen LogP contribution >= 0.6 is 0 Å². The molecule has 0 aromatic rings. The van der Waals surface area contributed by atoms with E-state index in [1.54, 1.807) is 0 Å². The van der Waals surface area contributed by atoms with Gasteiger partial charge >= 0.3 is 0 Å². The fourth-order valence-electron chi connectivity index (χ4n) is 6.42. The van der Waals surface area contributed by atoms with E-state index in [-0.39, 0.29) is 0 Å². The molecule has 3 saturated carbocycles. The molecule has 0 aromatic heterocycles. The van der Waals surface area contributed by atoms with E-state index in [0.717, 1.165) is 36.0 Å². The number of rotatable bonds is 1. The second-order valence-electron chi connectivity index (χ2n) is 7.92. The number of nitrogens with one attached hydrogen (secondary N) is 1. The first-order valence-electron chi connectivity index (χ1n) is 9.10. The highest BCUT2D eigenvalue weighted by Crippen LogP contribution is 2.55. The minimum atomic E-state index is 0.366. The average Bonchev–Trinajstić information content (AvgIpc) is 2.86. The molecule has 4 fully saturated rings. The smallest absolute Gasteiger partial charge is 0.223 e. The van der Waals surface area contributed by atoms with Crippen molar-refractivity contribution in [3.8, 4) is 0 Å². The van der Waals surface area contributed by atoms with Crippen LogP contribution in [0.3, 0.4) is 0 Å². The van der Waals surface area contributed by atoms with Gasteiger partial charge in [-0.15, -0.1) is 0 Å². The molecule has 4 rings (SSSR count). The van der Waals surface area contributed by atoms with E-state index < -0.39 is 0 Å². The lowest BCUT2D eigenvalue weighted by Crippen LogP contribution is -2.55. The summed E-state index contributed by atoms with van der Waals surface area (Å²) in [6.45, 7) is 2.37. The van der Waals surface area contributed by atoms with Gasteiger partial charge in [0, 0.05) is 12.0 Å². The van der Waals surface area contributed by atoms with Crippen LogP contribution in [0.5, 0.6) is 0 Å². The fraction of sp³-hybridized carbons (Fsp3) is 0.944. The van der Waals surface area contributed by atoms with Crippen LogP contribution in [0, 0.1) is 35.5 Å². The first-order chi connectivity index (χ1) is 9.79. The summed E-state index contributed by atoms with van der Waals surface area (Å²) in [4.78, 5) is 12.5. The molecule has 7 atom stereocenters. The number of piperidine rings is 1. The lowest BCUT2D eigenvalue weighted by atomic mass is 9.67. The molecule has 4 aliphatic rings. The number of hydrogen-bond donors (Lipinski definition) is 1. The number of hydrogen-bond acceptors (Lipinski definition) is 1. The number of amides is 1. The molecule has 0 bridgehead atoms. The Hall–Kier alpha value is -0.530. The van der Waals surface area contributed by atoms with Gasteiger partial charge in [0.15, 0.2) is 0 Å². The number of fused-ring (bicyclic) bond motifs is 5. The molecule has 3 aliphatic carbocycles. The van der Waals surface area contributed by atoms with Crippen LogP contribution in [0.2, 0.25) is 0 Å². The van der Waals surface area contributed by atoms with Gasteiger partial charge < -0.3 is 5.32 Å². The maximum Gasteiger partial charge on any atom is 0.223 e. The third-order valence-electron chi connectivity index (χ3n) is 7.27. The Labute approximate surface area is 123 Å². The summed E-state index contributed by atoms with van der Waals surface area (Å²) < 4.78 is 0. The molecular formula is C18H29NO.